The van der Waals surface area contributed by atoms with Gasteiger partial charge in [-0.2, -0.15) is 0 Å². The minimum atomic E-state index is 0.689. The summed E-state index contributed by atoms with van der Waals surface area (Å²) in [4.78, 5) is 2.35. The molecule has 5 aromatic rings. The first-order valence-electron chi connectivity index (χ1n) is 12.2. The van der Waals surface area contributed by atoms with E-state index in [9.17, 15) is 0 Å². The first-order valence-corrected chi connectivity index (χ1v) is 13.2. The summed E-state index contributed by atoms with van der Waals surface area (Å²) in [5.41, 5.74) is 8.37. The maximum atomic E-state index is 2.35. The van der Waals surface area contributed by atoms with Gasteiger partial charge in [-0.3, -0.25) is 0 Å². The van der Waals surface area contributed by atoms with Gasteiger partial charge in [0.15, 0.2) is 0 Å². The maximum absolute atomic E-state index is 2.35. The second-order valence-corrected chi connectivity index (χ2v) is 10.2. The number of benzene rings is 5. The molecule has 0 fully saturated rings. The van der Waals surface area contributed by atoms with Gasteiger partial charge in [0.2, 0.25) is 0 Å². The van der Waals surface area contributed by atoms with Gasteiger partial charge in [0, 0.05) is 5.69 Å². The van der Waals surface area contributed by atoms with E-state index < -0.39 is 0 Å². The lowest BCUT2D eigenvalue weighted by Crippen LogP contribution is -2.26. The summed E-state index contributed by atoms with van der Waals surface area (Å²) in [5, 5.41) is 2.72. The highest BCUT2D eigenvalue weighted by atomic mass is 28.2. The Morgan fingerprint density at radius 1 is 0.444 bits per heavy atom. The van der Waals surface area contributed by atoms with Crippen molar-refractivity contribution in [3.8, 4) is 0 Å². The predicted octanol–water partition coefficient (Wildman–Crippen LogP) is 7.47. The van der Waals surface area contributed by atoms with Gasteiger partial charge in [0.05, 0.1) is 11.4 Å². The van der Waals surface area contributed by atoms with E-state index in [1.807, 2.05) is 0 Å². The lowest BCUT2D eigenvalue weighted by Gasteiger charge is -2.27. The quantitative estimate of drug-likeness (QED) is 0.185. The average Bonchev–Trinajstić information content (AvgIpc) is 3.11. The normalized spacial score (nSPS) is 12.3. The standard InChI is InChI=1S/C34H25NSi/c1-2-10-31(11-3-1)36-32-24-18-27(19-25-32)15-14-26-16-22-30(23-17-26)35-33-12-6-4-8-28(33)20-21-29-9-5-7-13-34(29)35/h1-25H. The van der Waals surface area contributed by atoms with E-state index in [2.05, 4.69) is 157 Å². The zero-order valence-corrected chi connectivity index (χ0v) is 20.9. The van der Waals surface area contributed by atoms with E-state index in [0.717, 1.165) is 5.69 Å². The van der Waals surface area contributed by atoms with Crippen molar-refractivity contribution in [2.45, 2.75) is 0 Å². The molecule has 0 unspecified atom stereocenters. The first-order chi connectivity index (χ1) is 17.8. The zero-order valence-electron chi connectivity index (χ0n) is 19.9. The maximum Gasteiger partial charge on any atom is 0.121 e. The average molecular weight is 476 g/mol. The van der Waals surface area contributed by atoms with Crippen LogP contribution in [0, 0.1) is 0 Å². The van der Waals surface area contributed by atoms with Crippen LogP contribution in [0.1, 0.15) is 22.3 Å². The Morgan fingerprint density at radius 3 is 1.50 bits per heavy atom. The van der Waals surface area contributed by atoms with Crippen LogP contribution in [0.3, 0.4) is 0 Å². The topological polar surface area (TPSA) is 3.24 Å². The summed E-state index contributed by atoms with van der Waals surface area (Å²) >= 11 is 0. The van der Waals surface area contributed by atoms with E-state index in [0.29, 0.717) is 9.52 Å². The van der Waals surface area contributed by atoms with Crippen LogP contribution in [0.25, 0.3) is 24.3 Å². The minimum absolute atomic E-state index is 0.689. The third kappa shape index (κ3) is 4.72. The van der Waals surface area contributed by atoms with E-state index in [4.69, 9.17) is 0 Å². The summed E-state index contributed by atoms with van der Waals surface area (Å²) in [7, 11) is 0.689. The molecule has 1 aliphatic rings. The Bertz CT molecular complexity index is 1480. The molecule has 0 aromatic heterocycles. The van der Waals surface area contributed by atoms with E-state index in [1.54, 1.807) is 0 Å². The largest absolute Gasteiger partial charge is 0.309 e. The van der Waals surface area contributed by atoms with Crippen molar-refractivity contribution < 1.29 is 0 Å². The number of anilines is 3. The minimum Gasteiger partial charge on any atom is -0.309 e. The molecule has 6 rings (SSSR count). The molecule has 0 saturated carbocycles. The second-order valence-electron chi connectivity index (χ2n) is 8.82. The molecule has 170 valence electrons. The fraction of sp³-hybridized carbons (Fsp3) is 0. The van der Waals surface area contributed by atoms with Gasteiger partial charge in [-0.05, 0) is 46.5 Å². The Kier molecular flexibility index (Phi) is 6.18. The molecule has 0 bridgehead atoms. The van der Waals surface area contributed by atoms with Gasteiger partial charge in [-0.15, -0.1) is 0 Å². The molecule has 0 aliphatic carbocycles. The van der Waals surface area contributed by atoms with Gasteiger partial charge in [0.1, 0.15) is 9.52 Å². The molecule has 5 aromatic carbocycles. The Morgan fingerprint density at radius 2 is 0.917 bits per heavy atom. The van der Waals surface area contributed by atoms with Crippen molar-refractivity contribution >= 4 is 61.3 Å². The number of hydrogen-bond acceptors (Lipinski definition) is 1. The van der Waals surface area contributed by atoms with E-state index in [1.165, 1.54) is 44.0 Å². The van der Waals surface area contributed by atoms with Crippen LogP contribution in [0.4, 0.5) is 17.1 Å². The van der Waals surface area contributed by atoms with Gasteiger partial charge < -0.3 is 4.90 Å². The molecule has 2 radical (unpaired) electrons. The van der Waals surface area contributed by atoms with Crippen LogP contribution >= 0.6 is 0 Å². The predicted molar refractivity (Wildman–Crippen MR) is 157 cm³/mol. The van der Waals surface area contributed by atoms with Crippen molar-refractivity contribution in [1.82, 2.24) is 0 Å². The third-order valence-corrected chi connectivity index (χ3v) is 7.63. The van der Waals surface area contributed by atoms with Crippen molar-refractivity contribution in [3.05, 3.63) is 150 Å². The number of fused-ring (bicyclic) bond motifs is 2. The van der Waals surface area contributed by atoms with E-state index in [-0.39, 0.29) is 0 Å². The van der Waals surface area contributed by atoms with Crippen molar-refractivity contribution in [3.63, 3.8) is 0 Å². The monoisotopic (exact) mass is 475 g/mol. The summed E-state index contributed by atoms with van der Waals surface area (Å²) in [5.74, 6) is 0. The van der Waals surface area contributed by atoms with E-state index >= 15 is 0 Å². The summed E-state index contributed by atoms with van der Waals surface area (Å²) in [6.45, 7) is 0. The highest BCUT2D eigenvalue weighted by molar-refractivity contribution is 6.67. The molecule has 0 N–H and O–H groups in total. The molecule has 0 amide bonds. The number of hydrogen-bond donors (Lipinski definition) is 0. The van der Waals surface area contributed by atoms with Crippen molar-refractivity contribution in [2.24, 2.45) is 0 Å². The summed E-state index contributed by atoms with van der Waals surface area (Å²) in [6.07, 6.45) is 8.78. The highest BCUT2D eigenvalue weighted by Crippen LogP contribution is 2.41. The fourth-order valence-corrected chi connectivity index (χ4v) is 5.57. The summed E-state index contributed by atoms with van der Waals surface area (Å²) in [6, 6.07) is 45.5. The molecule has 1 aliphatic heterocycles. The van der Waals surface area contributed by atoms with Gasteiger partial charge in [0.25, 0.3) is 0 Å². The number of rotatable bonds is 5. The lowest BCUT2D eigenvalue weighted by atomic mass is 10.1. The molecule has 0 spiro atoms. The van der Waals surface area contributed by atoms with Crippen LogP contribution in [-0.4, -0.2) is 9.52 Å². The smallest absolute Gasteiger partial charge is 0.121 e. The molecule has 1 nitrogen and oxygen atoms in total. The first kappa shape index (κ1) is 22.1. The Hall–Kier alpha value is -4.40. The SMILES string of the molecule is C(=Cc1ccc(N2c3ccccc3C=Cc3ccccc32)cc1)c1ccc([Si]c2ccccc2)cc1. The van der Waals surface area contributed by atoms with Crippen LogP contribution in [0.2, 0.25) is 0 Å². The fourth-order valence-electron chi connectivity index (χ4n) is 4.54. The van der Waals surface area contributed by atoms with Crippen LogP contribution in [0.15, 0.2) is 127 Å². The number of para-hydroxylation sites is 2. The molecule has 36 heavy (non-hydrogen) atoms. The molecular weight excluding hydrogens is 450 g/mol. The van der Waals surface area contributed by atoms with Crippen molar-refractivity contribution in [1.29, 1.82) is 0 Å². The van der Waals surface area contributed by atoms with Crippen LogP contribution < -0.4 is 15.3 Å². The Balaban J connectivity index is 1.23. The second kappa shape index (κ2) is 10.1. The van der Waals surface area contributed by atoms with Crippen LogP contribution in [-0.2, 0) is 0 Å². The van der Waals surface area contributed by atoms with Crippen molar-refractivity contribution in [2.75, 3.05) is 4.90 Å². The lowest BCUT2D eigenvalue weighted by molar-refractivity contribution is 1.28. The Labute approximate surface area is 215 Å². The molecule has 2 heteroatoms. The summed E-state index contributed by atoms with van der Waals surface area (Å²) < 4.78 is 0. The molecule has 1 heterocycles. The zero-order chi connectivity index (χ0) is 24.2. The highest BCUT2D eigenvalue weighted by Gasteiger charge is 2.19. The van der Waals surface area contributed by atoms with Gasteiger partial charge in [-0.25, -0.2) is 0 Å². The van der Waals surface area contributed by atoms with Gasteiger partial charge >= 0.3 is 0 Å². The van der Waals surface area contributed by atoms with Crippen LogP contribution in [0.5, 0.6) is 0 Å². The third-order valence-electron chi connectivity index (χ3n) is 6.39. The molecule has 0 saturated heterocycles. The van der Waals surface area contributed by atoms with Gasteiger partial charge in [-0.1, -0.05) is 138 Å². The number of nitrogens with zero attached hydrogens (tertiary/aromatic N) is 1. The molecule has 0 atom stereocenters. The molecular formula is C34H25NSi.